The molecule has 0 atom stereocenters. The Labute approximate surface area is 132 Å². The lowest BCUT2D eigenvalue weighted by molar-refractivity contribution is 0.0827. The summed E-state index contributed by atoms with van der Waals surface area (Å²) in [6.07, 6.45) is 0. The van der Waals surface area contributed by atoms with E-state index in [4.69, 9.17) is 0 Å². The highest BCUT2D eigenvalue weighted by Gasteiger charge is 2.13. The molecule has 0 radical (unpaired) electrons. The summed E-state index contributed by atoms with van der Waals surface area (Å²) in [5, 5.41) is 2.51. The molecule has 0 spiro atoms. The molecule has 0 fully saturated rings. The van der Waals surface area contributed by atoms with Crippen molar-refractivity contribution in [1.29, 1.82) is 0 Å². The van der Waals surface area contributed by atoms with Gasteiger partial charge in [0.2, 0.25) is 0 Å². The molecule has 0 saturated carbocycles. The standard InChI is InChI=1S/C17H16F2N2O2/c1-21(2)17(23)12-5-3-11(4-6-12)10-20-16(22)14-9-13(18)7-8-15(14)19/h3-9H,10H2,1-2H3,(H,20,22). The maximum Gasteiger partial charge on any atom is 0.254 e. The Kier molecular flexibility index (Phi) is 5.05. The van der Waals surface area contributed by atoms with Gasteiger partial charge in [-0.1, -0.05) is 12.1 Å². The molecule has 120 valence electrons. The molecule has 2 aromatic carbocycles. The van der Waals surface area contributed by atoms with E-state index in [0.29, 0.717) is 5.56 Å². The zero-order chi connectivity index (χ0) is 17.0. The van der Waals surface area contributed by atoms with Gasteiger partial charge < -0.3 is 10.2 Å². The van der Waals surface area contributed by atoms with Crippen LogP contribution in [0.25, 0.3) is 0 Å². The minimum absolute atomic E-state index is 0.123. The lowest BCUT2D eigenvalue weighted by Gasteiger charge is -2.11. The van der Waals surface area contributed by atoms with Gasteiger partial charge in [-0.3, -0.25) is 9.59 Å². The number of nitrogens with one attached hydrogen (secondary N) is 1. The van der Waals surface area contributed by atoms with Crippen molar-refractivity contribution in [2.24, 2.45) is 0 Å². The number of rotatable bonds is 4. The number of nitrogens with zero attached hydrogens (tertiary/aromatic N) is 1. The molecular weight excluding hydrogens is 302 g/mol. The molecular formula is C17H16F2N2O2. The lowest BCUT2D eigenvalue weighted by atomic mass is 10.1. The smallest absolute Gasteiger partial charge is 0.254 e. The van der Waals surface area contributed by atoms with Crippen molar-refractivity contribution >= 4 is 11.8 Å². The van der Waals surface area contributed by atoms with Crippen molar-refractivity contribution in [1.82, 2.24) is 10.2 Å². The fourth-order valence-corrected chi connectivity index (χ4v) is 1.97. The van der Waals surface area contributed by atoms with E-state index in [0.717, 1.165) is 23.8 Å². The van der Waals surface area contributed by atoms with Crippen LogP contribution in [-0.4, -0.2) is 30.8 Å². The molecule has 23 heavy (non-hydrogen) atoms. The summed E-state index contributed by atoms with van der Waals surface area (Å²) in [5.41, 5.74) is 0.927. The highest BCUT2D eigenvalue weighted by atomic mass is 19.1. The van der Waals surface area contributed by atoms with Crippen LogP contribution < -0.4 is 5.32 Å². The largest absolute Gasteiger partial charge is 0.348 e. The van der Waals surface area contributed by atoms with E-state index >= 15 is 0 Å². The first-order valence-electron chi connectivity index (χ1n) is 6.92. The van der Waals surface area contributed by atoms with Gasteiger partial charge in [-0.2, -0.15) is 0 Å². The first-order valence-corrected chi connectivity index (χ1v) is 6.92. The minimum atomic E-state index is -0.782. The third kappa shape index (κ3) is 4.12. The predicted molar refractivity (Wildman–Crippen MR) is 82.0 cm³/mol. The first kappa shape index (κ1) is 16.6. The molecule has 2 aromatic rings. The highest BCUT2D eigenvalue weighted by Crippen LogP contribution is 2.10. The molecule has 0 aliphatic heterocycles. The summed E-state index contributed by atoms with van der Waals surface area (Å²) in [6, 6.07) is 9.39. The van der Waals surface area contributed by atoms with Gasteiger partial charge in [-0.25, -0.2) is 8.78 Å². The van der Waals surface area contributed by atoms with E-state index in [2.05, 4.69) is 5.32 Å². The maximum absolute atomic E-state index is 13.5. The number of carbonyl (C=O) groups excluding carboxylic acids is 2. The summed E-state index contributed by atoms with van der Waals surface area (Å²) in [4.78, 5) is 25.1. The van der Waals surface area contributed by atoms with Gasteiger partial charge in [0.05, 0.1) is 5.56 Å². The summed E-state index contributed by atoms with van der Waals surface area (Å²) >= 11 is 0. The van der Waals surface area contributed by atoms with Crippen LogP contribution >= 0.6 is 0 Å². The number of hydrogen-bond donors (Lipinski definition) is 1. The van der Waals surface area contributed by atoms with Gasteiger partial charge in [0.15, 0.2) is 0 Å². The summed E-state index contributed by atoms with van der Waals surface area (Å²) < 4.78 is 26.6. The monoisotopic (exact) mass is 318 g/mol. The SMILES string of the molecule is CN(C)C(=O)c1ccc(CNC(=O)c2cc(F)ccc2F)cc1. The molecule has 0 saturated heterocycles. The van der Waals surface area contributed by atoms with Crippen LogP contribution in [0.4, 0.5) is 8.78 Å². The van der Waals surface area contributed by atoms with Crippen molar-refractivity contribution in [2.75, 3.05) is 14.1 Å². The van der Waals surface area contributed by atoms with Crippen LogP contribution in [0.1, 0.15) is 26.3 Å². The van der Waals surface area contributed by atoms with E-state index in [1.165, 1.54) is 4.90 Å². The normalized spacial score (nSPS) is 10.3. The number of halogens is 2. The predicted octanol–water partition coefficient (Wildman–Crippen LogP) is 2.60. The molecule has 1 N–H and O–H groups in total. The van der Waals surface area contributed by atoms with Gasteiger partial charge in [0.25, 0.3) is 11.8 Å². The second kappa shape index (κ2) is 7.00. The quantitative estimate of drug-likeness (QED) is 0.942. The van der Waals surface area contributed by atoms with Crippen molar-refractivity contribution in [2.45, 2.75) is 6.54 Å². The Morgan fingerprint density at radius 1 is 1.04 bits per heavy atom. The van der Waals surface area contributed by atoms with Crippen LogP contribution in [0.15, 0.2) is 42.5 Å². The second-order valence-electron chi connectivity index (χ2n) is 5.20. The zero-order valence-electron chi connectivity index (χ0n) is 12.8. The Bertz CT molecular complexity index is 728. The first-order chi connectivity index (χ1) is 10.9. The van der Waals surface area contributed by atoms with Crippen molar-refractivity contribution in [3.8, 4) is 0 Å². The Morgan fingerprint density at radius 2 is 1.70 bits per heavy atom. The molecule has 0 unspecified atom stereocenters. The third-order valence-corrected chi connectivity index (χ3v) is 3.23. The molecule has 0 aromatic heterocycles. The lowest BCUT2D eigenvalue weighted by Crippen LogP contribution is -2.24. The third-order valence-electron chi connectivity index (χ3n) is 3.23. The van der Waals surface area contributed by atoms with Gasteiger partial charge in [0, 0.05) is 26.2 Å². The van der Waals surface area contributed by atoms with Crippen LogP contribution in [0.2, 0.25) is 0 Å². The summed E-state index contributed by atoms with van der Waals surface area (Å²) in [7, 11) is 3.31. The molecule has 0 aliphatic rings. The molecule has 0 aliphatic carbocycles. The van der Waals surface area contributed by atoms with E-state index in [9.17, 15) is 18.4 Å². The van der Waals surface area contributed by atoms with Crippen LogP contribution in [0.5, 0.6) is 0 Å². The Morgan fingerprint density at radius 3 is 2.30 bits per heavy atom. The van der Waals surface area contributed by atoms with E-state index in [1.807, 2.05) is 0 Å². The Balaban J connectivity index is 2.02. The van der Waals surface area contributed by atoms with Crippen LogP contribution in [0.3, 0.4) is 0 Å². The average Bonchev–Trinajstić information content (AvgIpc) is 2.54. The topological polar surface area (TPSA) is 49.4 Å². The highest BCUT2D eigenvalue weighted by molar-refractivity contribution is 5.95. The van der Waals surface area contributed by atoms with Crippen LogP contribution in [-0.2, 0) is 6.54 Å². The average molecular weight is 318 g/mol. The van der Waals surface area contributed by atoms with Gasteiger partial charge in [0.1, 0.15) is 11.6 Å². The maximum atomic E-state index is 13.5. The van der Waals surface area contributed by atoms with Gasteiger partial charge in [-0.05, 0) is 35.9 Å². The number of benzene rings is 2. The van der Waals surface area contributed by atoms with Crippen molar-refractivity contribution in [3.05, 3.63) is 70.8 Å². The van der Waals surface area contributed by atoms with E-state index in [1.54, 1.807) is 38.4 Å². The fourth-order valence-electron chi connectivity index (χ4n) is 1.97. The fraction of sp³-hybridized carbons (Fsp3) is 0.176. The summed E-state index contributed by atoms with van der Waals surface area (Å²) in [5.74, 6) is -2.28. The van der Waals surface area contributed by atoms with Gasteiger partial charge in [-0.15, -0.1) is 0 Å². The molecule has 0 heterocycles. The van der Waals surface area contributed by atoms with Crippen LogP contribution in [0, 0.1) is 11.6 Å². The Hall–Kier alpha value is -2.76. The molecule has 0 bridgehead atoms. The van der Waals surface area contributed by atoms with E-state index in [-0.39, 0.29) is 18.0 Å². The minimum Gasteiger partial charge on any atom is -0.348 e. The van der Waals surface area contributed by atoms with Gasteiger partial charge >= 0.3 is 0 Å². The van der Waals surface area contributed by atoms with E-state index < -0.39 is 17.5 Å². The number of carbonyl (C=O) groups is 2. The molecule has 2 rings (SSSR count). The molecule has 4 nitrogen and oxygen atoms in total. The number of amides is 2. The molecule has 2 amide bonds. The summed E-state index contributed by atoms with van der Waals surface area (Å²) in [6.45, 7) is 0.144. The second-order valence-corrected chi connectivity index (χ2v) is 5.20. The molecule has 6 heteroatoms. The van der Waals surface area contributed by atoms with Crippen molar-refractivity contribution in [3.63, 3.8) is 0 Å². The van der Waals surface area contributed by atoms with Crippen molar-refractivity contribution < 1.29 is 18.4 Å². The zero-order valence-corrected chi connectivity index (χ0v) is 12.8. The number of hydrogen-bond acceptors (Lipinski definition) is 2.